The van der Waals surface area contributed by atoms with Gasteiger partial charge in [-0.2, -0.15) is 0 Å². The zero-order chi connectivity index (χ0) is 12.0. The number of fused-ring (bicyclic) bond motifs is 3. The molecule has 86 valence electrons. The van der Waals surface area contributed by atoms with Crippen LogP contribution in [0.15, 0.2) is 30.3 Å². The summed E-state index contributed by atoms with van der Waals surface area (Å²) in [5.41, 5.74) is 6.52. The average Bonchev–Trinajstić information content (AvgIpc) is 2.68. The molecule has 4 heteroatoms. The van der Waals surface area contributed by atoms with Crippen LogP contribution in [-0.4, -0.2) is 7.11 Å². The fourth-order valence-corrected chi connectivity index (χ4v) is 3.54. The number of nitrogens with two attached hydrogens (primary N) is 1. The highest BCUT2D eigenvalue weighted by atomic mass is 35.5. The van der Waals surface area contributed by atoms with E-state index in [2.05, 4.69) is 6.07 Å². The molecule has 0 aliphatic rings. The molecule has 0 aliphatic heterocycles. The van der Waals surface area contributed by atoms with Gasteiger partial charge in [-0.15, -0.1) is 11.3 Å². The second-order valence-corrected chi connectivity index (χ2v) is 5.25. The van der Waals surface area contributed by atoms with Crippen molar-refractivity contribution in [2.75, 3.05) is 12.8 Å². The molecule has 0 bridgehead atoms. The number of halogens is 1. The second kappa shape index (κ2) is 3.79. The maximum Gasteiger partial charge on any atom is 0.136 e. The number of ether oxygens (including phenoxy) is 1. The number of hydrogen-bond donors (Lipinski definition) is 1. The topological polar surface area (TPSA) is 35.2 Å². The molecule has 0 spiro atoms. The van der Waals surface area contributed by atoms with Crippen molar-refractivity contribution < 1.29 is 4.74 Å². The lowest BCUT2D eigenvalue weighted by atomic mass is 10.1. The third-order valence-corrected chi connectivity index (χ3v) is 4.44. The van der Waals surface area contributed by atoms with Crippen LogP contribution >= 0.6 is 22.9 Å². The second-order valence-electron chi connectivity index (χ2n) is 3.82. The lowest BCUT2D eigenvalue weighted by Gasteiger charge is -2.00. The number of methoxy groups -OCH3 is 1. The van der Waals surface area contributed by atoms with E-state index >= 15 is 0 Å². The molecule has 2 N–H and O–H groups in total. The Labute approximate surface area is 108 Å². The van der Waals surface area contributed by atoms with Crippen LogP contribution in [0.3, 0.4) is 0 Å². The van der Waals surface area contributed by atoms with E-state index in [9.17, 15) is 0 Å². The van der Waals surface area contributed by atoms with E-state index in [0.29, 0.717) is 10.7 Å². The summed E-state index contributed by atoms with van der Waals surface area (Å²) in [4.78, 5) is 0. The molecule has 3 aromatic rings. The van der Waals surface area contributed by atoms with Crippen molar-refractivity contribution in [3.63, 3.8) is 0 Å². The van der Waals surface area contributed by atoms with E-state index in [1.165, 1.54) is 0 Å². The smallest absolute Gasteiger partial charge is 0.136 e. The van der Waals surface area contributed by atoms with Crippen molar-refractivity contribution in [3.05, 3.63) is 35.4 Å². The number of nitrogen functional groups attached to an aromatic ring is 1. The van der Waals surface area contributed by atoms with E-state index in [1.54, 1.807) is 24.5 Å². The number of hydrogen-bond acceptors (Lipinski definition) is 3. The van der Waals surface area contributed by atoms with Crippen LogP contribution in [0.25, 0.3) is 20.2 Å². The summed E-state index contributed by atoms with van der Waals surface area (Å²) >= 11 is 7.85. The first-order valence-electron chi connectivity index (χ1n) is 5.15. The molecule has 17 heavy (non-hydrogen) atoms. The highest BCUT2D eigenvalue weighted by Crippen LogP contribution is 2.42. The number of rotatable bonds is 1. The highest BCUT2D eigenvalue weighted by molar-refractivity contribution is 7.26. The Kier molecular flexibility index (Phi) is 2.38. The Balaban J connectivity index is 2.54. The quantitative estimate of drug-likeness (QED) is 0.665. The predicted molar refractivity (Wildman–Crippen MR) is 75.3 cm³/mol. The first-order chi connectivity index (χ1) is 8.20. The fraction of sp³-hybridized carbons (Fsp3) is 0.0769. The predicted octanol–water partition coefficient (Wildman–Crippen LogP) is 4.30. The molecule has 0 unspecified atom stereocenters. The summed E-state index contributed by atoms with van der Waals surface area (Å²) in [6.07, 6.45) is 0. The van der Waals surface area contributed by atoms with Crippen LogP contribution in [0.4, 0.5) is 5.69 Å². The molecule has 1 heterocycles. The normalized spacial score (nSPS) is 11.2. The van der Waals surface area contributed by atoms with Gasteiger partial charge in [0.25, 0.3) is 0 Å². The Bertz CT molecular complexity index is 720. The largest absolute Gasteiger partial charge is 0.495 e. The molecule has 0 saturated carbocycles. The molecule has 1 aromatic heterocycles. The van der Waals surface area contributed by atoms with Crippen molar-refractivity contribution in [2.45, 2.75) is 0 Å². The third-order valence-electron chi connectivity index (χ3n) is 2.76. The lowest BCUT2D eigenvalue weighted by Crippen LogP contribution is -1.83. The standard InChI is InChI=1S/C13H10ClNOS/c1-16-11-4-2-3-8-9-5-7(15)6-10(14)12(9)17-13(8)11/h2-6H,15H2,1H3. The van der Waals surface area contributed by atoms with E-state index < -0.39 is 0 Å². The zero-order valence-corrected chi connectivity index (χ0v) is 10.7. The lowest BCUT2D eigenvalue weighted by molar-refractivity contribution is 0.420. The molecule has 0 amide bonds. The van der Waals surface area contributed by atoms with Crippen molar-refractivity contribution >= 4 is 48.8 Å². The van der Waals surface area contributed by atoms with Gasteiger partial charge in [-0.1, -0.05) is 23.7 Å². The molecule has 2 nitrogen and oxygen atoms in total. The van der Waals surface area contributed by atoms with Gasteiger partial charge in [0, 0.05) is 16.5 Å². The molecule has 3 rings (SSSR count). The van der Waals surface area contributed by atoms with E-state index in [4.69, 9.17) is 22.1 Å². The Morgan fingerprint density at radius 2 is 2.00 bits per heavy atom. The Morgan fingerprint density at radius 3 is 2.76 bits per heavy atom. The van der Waals surface area contributed by atoms with E-state index in [1.807, 2.05) is 18.2 Å². The Morgan fingerprint density at radius 1 is 1.18 bits per heavy atom. The molecular formula is C13H10ClNOS. The van der Waals surface area contributed by atoms with Gasteiger partial charge in [-0.05, 0) is 18.2 Å². The van der Waals surface area contributed by atoms with E-state index in [-0.39, 0.29) is 0 Å². The van der Waals surface area contributed by atoms with Gasteiger partial charge in [0.2, 0.25) is 0 Å². The van der Waals surface area contributed by atoms with Crippen LogP contribution < -0.4 is 10.5 Å². The van der Waals surface area contributed by atoms with Crippen LogP contribution in [0.5, 0.6) is 5.75 Å². The minimum absolute atomic E-state index is 0.685. The van der Waals surface area contributed by atoms with Crippen LogP contribution in [0.2, 0.25) is 5.02 Å². The highest BCUT2D eigenvalue weighted by Gasteiger charge is 2.11. The van der Waals surface area contributed by atoms with Crippen molar-refractivity contribution in [1.29, 1.82) is 0 Å². The van der Waals surface area contributed by atoms with Gasteiger partial charge in [0.05, 0.1) is 21.5 Å². The van der Waals surface area contributed by atoms with Crippen molar-refractivity contribution in [2.24, 2.45) is 0 Å². The van der Waals surface area contributed by atoms with Crippen LogP contribution in [0, 0.1) is 0 Å². The number of thiophene rings is 1. The zero-order valence-electron chi connectivity index (χ0n) is 9.16. The third kappa shape index (κ3) is 1.54. The van der Waals surface area contributed by atoms with Crippen LogP contribution in [0.1, 0.15) is 0 Å². The van der Waals surface area contributed by atoms with E-state index in [0.717, 1.165) is 25.9 Å². The van der Waals surface area contributed by atoms with Crippen molar-refractivity contribution in [1.82, 2.24) is 0 Å². The summed E-state index contributed by atoms with van der Waals surface area (Å²) in [6, 6.07) is 9.73. The molecule has 2 aromatic carbocycles. The molecule has 0 radical (unpaired) electrons. The summed E-state index contributed by atoms with van der Waals surface area (Å²) in [5.74, 6) is 0.873. The van der Waals surface area contributed by atoms with Gasteiger partial charge in [-0.25, -0.2) is 0 Å². The average molecular weight is 264 g/mol. The monoisotopic (exact) mass is 263 g/mol. The summed E-state index contributed by atoms with van der Waals surface area (Å²) in [6.45, 7) is 0. The molecule has 0 fully saturated rings. The minimum atomic E-state index is 0.685. The summed E-state index contributed by atoms with van der Waals surface area (Å²) < 4.78 is 7.53. The molecule has 0 atom stereocenters. The first kappa shape index (κ1) is 10.7. The SMILES string of the molecule is COc1cccc2c1sc1c(Cl)cc(N)cc12. The molecular weight excluding hydrogens is 254 g/mol. The first-order valence-corrected chi connectivity index (χ1v) is 6.34. The fourth-order valence-electron chi connectivity index (χ4n) is 2.01. The van der Waals surface area contributed by atoms with Crippen molar-refractivity contribution in [3.8, 4) is 5.75 Å². The number of benzene rings is 2. The summed E-state index contributed by atoms with van der Waals surface area (Å²) in [7, 11) is 1.68. The number of anilines is 1. The Hall–Kier alpha value is -1.45. The maximum atomic E-state index is 6.22. The van der Waals surface area contributed by atoms with Crippen LogP contribution in [-0.2, 0) is 0 Å². The van der Waals surface area contributed by atoms with Gasteiger partial charge in [0.1, 0.15) is 5.75 Å². The van der Waals surface area contributed by atoms with Gasteiger partial charge in [-0.3, -0.25) is 0 Å². The molecule has 0 saturated heterocycles. The van der Waals surface area contributed by atoms with Gasteiger partial charge >= 0.3 is 0 Å². The summed E-state index contributed by atoms with van der Waals surface area (Å²) in [5, 5.41) is 2.93. The van der Waals surface area contributed by atoms with Gasteiger partial charge < -0.3 is 10.5 Å². The maximum absolute atomic E-state index is 6.22. The van der Waals surface area contributed by atoms with Gasteiger partial charge in [0.15, 0.2) is 0 Å². The molecule has 0 aliphatic carbocycles. The minimum Gasteiger partial charge on any atom is -0.495 e.